The Labute approximate surface area is 59.4 Å². The Balaban J connectivity index is 3.59. The molecule has 0 radical (unpaired) electrons. The van der Waals surface area contributed by atoms with Gasteiger partial charge in [-0.15, -0.1) is 0 Å². The zero-order valence-electron chi connectivity index (χ0n) is 6.64. The molecule has 9 heavy (non-hydrogen) atoms. The zero-order valence-corrected chi connectivity index (χ0v) is 8.64. The Morgan fingerprint density at radius 2 is 2.00 bits per heavy atom. The minimum Gasteiger partial charge on any atom is -0.151 e. The van der Waals surface area contributed by atoms with Crippen molar-refractivity contribution in [2.45, 2.75) is 32.9 Å². The summed E-state index contributed by atoms with van der Waals surface area (Å²) in [6.07, 6.45) is 0.933. The summed E-state index contributed by atoms with van der Waals surface area (Å²) in [6.45, 7) is 6.38. The highest BCUT2D eigenvalue weighted by molar-refractivity contribution is 6.11. The summed E-state index contributed by atoms with van der Waals surface area (Å²) in [5.74, 6) is 0. The van der Waals surface area contributed by atoms with Crippen molar-refractivity contribution in [3.05, 3.63) is 4.91 Å². The molecule has 0 rings (SSSR count). The lowest BCUT2D eigenvalue weighted by Gasteiger charge is -2.18. The predicted octanol–water partition coefficient (Wildman–Crippen LogP) is 0.880. The van der Waals surface area contributed by atoms with Gasteiger partial charge in [0.15, 0.2) is 0 Å². The second kappa shape index (κ2) is 3.10. The van der Waals surface area contributed by atoms with E-state index in [-0.39, 0.29) is 11.1 Å². The number of hydrogen-bond acceptors (Lipinski definition) is 2. The molecule has 0 aliphatic carbocycles. The van der Waals surface area contributed by atoms with E-state index in [0.717, 1.165) is 16.7 Å². The van der Waals surface area contributed by atoms with Gasteiger partial charge in [-0.25, -0.2) is 0 Å². The van der Waals surface area contributed by atoms with Crippen LogP contribution in [0.1, 0.15) is 27.2 Å². The molecule has 2 nitrogen and oxygen atoms in total. The molecule has 0 aliphatic rings. The van der Waals surface area contributed by atoms with E-state index in [4.69, 9.17) is 0 Å². The van der Waals surface area contributed by atoms with Gasteiger partial charge in [-0.1, -0.05) is 25.9 Å². The smallest absolute Gasteiger partial charge is 0.0734 e. The summed E-state index contributed by atoms with van der Waals surface area (Å²) in [5.41, 5.74) is 0.366. The summed E-state index contributed by atoms with van der Waals surface area (Å²) in [7, 11) is 0.891. The third-order valence-electron chi connectivity index (χ3n) is 1.09. The fourth-order valence-corrected chi connectivity index (χ4v) is 2.15. The van der Waals surface area contributed by atoms with E-state index in [1.54, 1.807) is 0 Å². The maximum absolute atomic E-state index is 9.97. The van der Waals surface area contributed by atoms with E-state index >= 15 is 0 Å². The molecule has 0 aromatic rings. The molecule has 0 spiro atoms. The summed E-state index contributed by atoms with van der Waals surface area (Å²) in [4.78, 5) is 9.97. The molecule has 1 unspecified atom stereocenters. The molecule has 0 bridgehead atoms. The molecule has 0 amide bonds. The maximum Gasteiger partial charge on any atom is 0.0734 e. The van der Waals surface area contributed by atoms with Gasteiger partial charge in [0.2, 0.25) is 0 Å². The maximum atomic E-state index is 9.97. The van der Waals surface area contributed by atoms with Crippen molar-refractivity contribution >= 4 is 10.2 Å². The molecule has 0 N–H and O–H groups in total. The van der Waals surface area contributed by atoms with Crippen LogP contribution in [-0.4, -0.2) is 15.9 Å². The molecule has 1 atom stereocenters. The van der Waals surface area contributed by atoms with Crippen LogP contribution in [0.5, 0.6) is 0 Å². The number of nitrogens with zero attached hydrogens (tertiary/aromatic N) is 1. The van der Waals surface area contributed by atoms with Crippen LogP contribution in [0.15, 0.2) is 5.18 Å². The van der Waals surface area contributed by atoms with Crippen molar-refractivity contribution in [2.24, 2.45) is 10.6 Å². The van der Waals surface area contributed by atoms with Crippen LogP contribution in [0.3, 0.4) is 0 Å². The molecule has 0 fully saturated rings. The van der Waals surface area contributed by atoms with Crippen LogP contribution in [-0.2, 0) is 0 Å². The van der Waals surface area contributed by atoms with E-state index in [0.29, 0.717) is 0 Å². The fraction of sp³-hybridized carbons (Fsp3) is 1.00. The first-order chi connectivity index (χ1) is 3.95. The molecule has 0 heterocycles. The highest BCUT2D eigenvalue weighted by atomic mass is 28.1. The SMILES string of the molecule is CC(C)(C)CC([SiH3])N=O. The van der Waals surface area contributed by atoms with E-state index < -0.39 is 0 Å². The first kappa shape index (κ1) is 8.82. The van der Waals surface area contributed by atoms with Gasteiger partial charge in [0.25, 0.3) is 0 Å². The minimum absolute atomic E-state index is 0.102. The van der Waals surface area contributed by atoms with Crippen LogP contribution in [0.2, 0.25) is 0 Å². The molecule has 0 aliphatic heterocycles. The Bertz CT molecular complexity index is 97.7. The second-order valence-corrected chi connectivity index (χ2v) is 5.05. The van der Waals surface area contributed by atoms with Gasteiger partial charge in [-0.05, 0) is 11.8 Å². The van der Waals surface area contributed by atoms with E-state index in [9.17, 15) is 4.91 Å². The van der Waals surface area contributed by atoms with E-state index in [1.807, 2.05) is 0 Å². The predicted molar refractivity (Wildman–Crippen MR) is 43.6 cm³/mol. The molecular formula is C6H15NOSi. The summed E-state index contributed by atoms with van der Waals surface area (Å²) in [6, 6.07) is 0. The molecular weight excluding hydrogens is 130 g/mol. The average Bonchev–Trinajstić information content (AvgIpc) is 1.62. The molecule has 0 saturated heterocycles. The third-order valence-corrected chi connectivity index (χ3v) is 1.71. The number of hydrogen-bond donors (Lipinski definition) is 0. The van der Waals surface area contributed by atoms with Crippen molar-refractivity contribution in [2.75, 3.05) is 0 Å². The molecule has 3 heteroatoms. The number of nitroso groups, excluding NO2 is 1. The van der Waals surface area contributed by atoms with Crippen LogP contribution in [0.25, 0.3) is 0 Å². The first-order valence-corrected chi connectivity index (χ1v) is 4.43. The Kier molecular flexibility index (Phi) is 3.04. The largest absolute Gasteiger partial charge is 0.151 e. The van der Waals surface area contributed by atoms with Gasteiger partial charge < -0.3 is 0 Å². The van der Waals surface area contributed by atoms with Crippen molar-refractivity contribution in [3.8, 4) is 0 Å². The highest BCUT2D eigenvalue weighted by Gasteiger charge is 2.14. The van der Waals surface area contributed by atoms with Gasteiger partial charge in [0.05, 0.1) is 5.67 Å². The molecule has 54 valence electrons. The lowest BCUT2D eigenvalue weighted by Crippen LogP contribution is -2.15. The summed E-state index contributed by atoms with van der Waals surface area (Å²) in [5, 5.41) is 2.99. The van der Waals surface area contributed by atoms with Crippen LogP contribution in [0.4, 0.5) is 0 Å². The minimum atomic E-state index is 0.102. The van der Waals surface area contributed by atoms with Crippen molar-refractivity contribution in [1.82, 2.24) is 0 Å². The van der Waals surface area contributed by atoms with Gasteiger partial charge >= 0.3 is 0 Å². The quantitative estimate of drug-likeness (QED) is 0.419. The molecule has 0 saturated carbocycles. The van der Waals surface area contributed by atoms with Gasteiger partial charge in [-0.2, -0.15) is 4.91 Å². The van der Waals surface area contributed by atoms with Crippen LogP contribution < -0.4 is 0 Å². The van der Waals surface area contributed by atoms with Gasteiger partial charge in [0, 0.05) is 10.2 Å². The van der Waals surface area contributed by atoms with Crippen LogP contribution >= 0.6 is 0 Å². The van der Waals surface area contributed by atoms with Crippen LogP contribution in [0, 0.1) is 10.3 Å². The van der Waals surface area contributed by atoms with Crippen molar-refractivity contribution < 1.29 is 0 Å². The Morgan fingerprint density at radius 3 is 2.11 bits per heavy atom. The van der Waals surface area contributed by atoms with Gasteiger partial charge in [0.1, 0.15) is 0 Å². The summed E-state index contributed by atoms with van der Waals surface area (Å²) >= 11 is 0. The van der Waals surface area contributed by atoms with E-state index in [1.165, 1.54) is 0 Å². The lowest BCUT2D eigenvalue weighted by molar-refractivity contribution is 0.372. The highest BCUT2D eigenvalue weighted by Crippen LogP contribution is 2.20. The van der Waals surface area contributed by atoms with Gasteiger partial charge in [-0.3, -0.25) is 0 Å². The van der Waals surface area contributed by atoms with Crippen molar-refractivity contribution in [1.29, 1.82) is 0 Å². The fourth-order valence-electron chi connectivity index (χ4n) is 0.924. The molecule has 0 aromatic carbocycles. The Morgan fingerprint density at radius 1 is 1.56 bits per heavy atom. The zero-order chi connectivity index (χ0) is 7.49. The normalized spacial score (nSPS) is 15.4. The first-order valence-electron chi connectivity index (χ1n) is 3.28. The lowest BCUT2D eigenvalue weighted by atomic mass is 9.92. The topological polar surface area (TPSA) is 29.4 Å². The van der Waals surface area contributed by atoms with E-state index in [2.05, 4.69) is 25.9 Å². The standard InChI is InChI=1S/C6H15NOSi/c1-6(2,3)4-5(9)7-8/h5H,4H2,1-3,9H3. The Hall–Kier alpha value is -0.183. The third kappa shape index (κ3) is 5.69. The summed E-state index contributed by atoms with van der Waals surface area (Å²) < 4.78 is 0. The molecule has 0 aromatic heterocycles. The number of rotatable bonds is 2. The van der Waals surface area contributed by atoms with Crippen molar-refractivity contribution in [3.63, 3.8) is 0 Å². The average molecular weight is 145 g/mol. The second-order valence-electron chi connectivity index (χ2n) is 3.72. The monoisotopic (exact) mass is 145 g/mol.